The molecular weight excluding hydrogens is 468 g/mol. The van der Waals surface area contributed by atoms with Gasteiger partial charge in [-0.25, -0.2) is 13.8 Å². The number of halogens is 2. The van der Waals surface area contributed by atoms with Crippen molar-refractivity contribution in [2.24, 2.45) is 0 Å². The van der Waals surface area contributed by atoms with E-state index in [1.54, 1.807) is 29.3 Å². The maximum atomic E-state index is 14.5. The van der Waals surface area contributed by atoms with Crippen LogP contribution in [0.15, 0.2) is 36.5 Å². The van der Waals surface area contributed by atoms with Crippen molar-refractivity contribution in [3.05, 3.63) is 47.7 Å². The molecular formula is C27H35F2N3O4. The van der Waals surface area contributed by atoms with Gasteiger partial charge in [0, 0.05) is 26.4 Å². The summed E-state index contributed by atoms with van der Waals surface area (Å²) in [6, 6.07) is 9.00. The highest BCUT2D eigenvalue weighted by molar-refractivity contribution is 6.01. The molecule has 3 aliphatic rings. The summed E-state index contributed by atoms with van der Waals surface area (Å²) in [5.41, 5.74) is 1.27. The molecule has 36 heavy (non-hydrogen) atoms. The van der Waals surface area contributed by atoms with Gasteiger partial charge in [0.1, 0.15) is 11.9 Å². The maximum Gasteiger partial charge on any atom is 0.256 e. The van der Waals surface area contributed by atoms with Crippen molar-refractivity contribution in [1.82, 2.24) is 4.98 Å². The molecule has 0 radical (unpaired) electrons. The van der Waals surface area contributed by atoms with Crippen molar-refractivity contribution in [3.63, 3.8) is 0 Å². The molecule has 1 aromatic heterocycles. The number of amides is 1. The van der Waals surface area contributed by atoms with Crippen molar-refractivity contribution in [2.45, 2.75) is 76.2 Å². The van der Waals surface area contributed by atoms with Crippen molar-refractivity contribution in [3.8, 4) is 0 Å². The normalized spacial score (nSPS) is 23.6. The Morgan fingerprint density at radius 3 is 2.75 bits per heavy atom. The molecule has 2 saturated heterocycles. The van der Waals surface area contributed by atoms with Gasteiger partial charge < -0.3 is 24.4 Å². The Kier molecular flexibility index (Phi) is 7.23. The van der Waals surface area contributed by atoms with Crippen LogP contribution in [-0.4, -0.2) is 55.4 Å². The van der Waals surface area contributed by atoms with Gasteiger partial charge in [-0.15, -0.1) is 0 Å². The number of anilines is 3. The Morgan fingerprint density at radius 1 is 1.25 bits per heavy atom. The molecule has 7 nitrogen and oxygen atoms in total. The van der Waals surface area contributed by atoms with E-state index in [0.29, 0.717) is 35.8 Å². The summed E-state index contributed by atoms with van der Waals surface area (Å²) in [4.78, 5) is 20.0. The van der Waals surface area contributed by atoms with Crippen molar-refractivity contribution in [1.29, 1.82) is 0 Å². The standard InChI is InChI=1S/C27H33F2N3O4.H2/c1-17(2)36-20-6-8-23(35-16-20)25(33)32-15-18-4-3-11-30-24(18)31-21-7-5-19(14-22(21)32)27(26(28)29)9-12-34-13-10-27;/h3-5,7,11,14,17,20,23,26H,6,8-10,12-13,15-16H2,1-2H3,(H,30,31);1H/t20-,23?;/m0./s1. The molecule has 9 heteroatoms. The zero-order chi connectivity index (χ0) is 25.3. The Balaban J connectivity index is 0.00000320. The molecule has 2 fully saturated rings. The summed E-state index contributed by atoms with van der Waals surface area (Å²) in [5, 5.41) is 3.31. The average molecular weight is 504 g/mol. The van der Waals surface area contributed by atoms with E-state index in [2.05, 4.69) is 10.3 Å². The van der Waals surface area contributed by atoms with Crippen LogP contribution >= 0.6 is 0 Å². The lowest BCUT2D eigenvalue weighted by Gasteiger charge is -2.38. The number of carbonyl (C=O) groups is 1. The molecule has 0 aliphatic carbocycles. The summed E-state index contributed by atoms with van der Waals surface area (Å²) in [7, 11) is 0. The highest BCUT2D eigenvalue weighted by Crippen LogP contribution is 2.44. The number of nitrogens with zero attached hydrogens (tertiary/aromatic N) is 2. The first-order valence-electron chi connectivity index (χ1n) is 12.7. The van der Waals surface area contributed by atoms with E-state index >= 15 is 0 Å². The molecule has 0 bridgehead atoms. The highest BCUT2D eigenvalue weighted by atomic mass is 19.3. The third-order valence-electron chi connectivity index (χ3n) is 7.38. The minimum Gasteiger partial charge on any atom is -0.381 e. The molecule has 3 aliphatic heterocycles. The van der Waals surface area contributed by atoms with Gasteiger partial charge in [0.05, 0.1) is 42.1 Å². The molecule has 5 rings (SSSR count). The quantitative estimate of drug-likeness (QED) is 0.605. The first-order valence-corrected chi connectivity index (χ1v) is 12.7. The number of benzene rings is 1. The van der Waals surface area contributed by atoms with E-state index in [-0.39, 0.29) is 52.1 Å². The zero-order valence-electron chi connectivity index (χ0n) is 20.7. The van der Waals surface area contributed by atoms with Crippen molar-refractivity contribution in [2.75, 3.05) is 30.0 Å². The molecule has 4 heterocycles. The predicted molar refractivity (Wildman–Crippen MR) is 134 cm³/mol. The summed E-state index contributed by atoms with van der Waals surface area (Å²) in [6.45, 7) is 5.14. The summed E-state index contributed by atoms with van der Waals surface area (Å²) in [6.07, 6.45) is 0.287. The van der Waals surface area contributed by atoms with Gasteiger partial charge in [0.2, 0.25) is 6.43 Å². The Labute approximate surface area is 211 Å². The van der Waals surface area contributed by atoms with Crippen molar-refractivity contribution < 1.29 is 29.2 Å². The number of aromatic nitrogens is 1. The van der Waals surface area contributed by atoms with E-state index in [9.17, 15) is 13.6 Å². The lowest BCUT2D eigenvalue weighted by molar-refractivity contribution is -0.143. The van der Waals surface area contributed by atoms with Gasteiger partial charge in [-0.1, -0.05) is 12.1 Å². The molecule has 1 amide bonds. The molecule has 0 spiro atoms. The lowest BCUT2D eigenvalue weighted by atomic mass is 9.74. The number of hydrogen-bond acceptors (Lipinski definition) is 6. The summed E-state index contributed by atoms with van der Waals surface area (Å²) >= 11 is 0. The number of hydrogen-bond donors (Lipinski definition) is 1. The number of rotatable bonds is 5. The predicted octanol–water partition coefficient (Wildman–Crippen LogP) is 5.20. The number of fused-ring (bicyclic) bond motifs is 2. The molecule has 2 aromatic rings. The van der Waals surface area contributed by atoms with Crippen LogP contribution in [0.5, 0.6) is 0 Å². The van der Waals surface area contributed by atoms with E-state index < -0.39 is 17.9 Å². The third kappa shape index (κ3) is 4.84. The Bertz CT molecular complexity index is 1090. The highest BCUT2D eigenvalue weighted by Gasteiger charge is 2.44. The second-order valence-electron chi connectivity index (χ2n) is 10.1. The fourth-order valence-electron chi connectivity index (χ4n) is 5.39. The molecule has 0 saturated carbocycles. The average Bonchev–Trinajstić information content (AvgIpc) is 3.05. The van der Waals surface area contributed by atoms with E-state index in [0.717, 1.165) is 12.0 Å². The summed E-state index contributed by atoms with van der Waals surface area (Å²) in [5.74, 6) is 0.458. The van der Waals surface area contributed by atoms with Gasteiger partial charge >= 0.3 is 0 Å². The number of ether oxygens (including phenoxy) is 3. The fraction of sp³-hybridized carbons (Fsp3) is 0.556. The second-order valence-corrected chi connectivity index (χ2v) is 10.1. The molecule has 196 valence electrons. The number of alkyl halides is 2. The second kappa shape index (κ2) is 10.4. The topological polar surface area (TPSA) is 72.9 Å². The number of nitrogens with one attached hydrogen (secondary N) is 1. The number of pyridine rings is 1. The summed E-state index contributed by atoms with van der Waals surface area (Å²) < 4.78 is 46.2. The SMILES string of the molecule is CC(C)O[C@H]1CCC(C(=O)N2Cc3cccnc3Nc3ccc(C4(C(F)F)CCOCC4)cc32)OC1.[HH]. The molecule has 1 N–H and O–H groups in total. The van der Waals surface area contributed by atoms with Gasteiger partial charge in [-0.2, -0.15) is 0 Å². The van der Waals surface area contributed by atoms with Crippen LogP contribution in [0, 0.1) is 0 Å². The van der Waals surface area contributed by atoms with Crippen LogP contribution < -0.4 is 10.2 Å². The van der Waals surface area contributed by atoms with Crippen LogP contribution in [0.3, 0.4) is 0 Å². The smallest absolute Gasteiger partial charge is 0.256 e. The number of carbonyl (C=O) groups excluding carboxylic acids is 1. The first-order chi connectivity index (χ1) is 17.4. The maximum absolute atomic E-state index is 14.5. The van der Waals surface area contributed by atoms with Crippen LogP contribution in [0.2, 0.25) is 0 Å². The van der Waals surface area contributed by atoms with Gasteiger partial charge in [0.25, 0.3) is 5.91 Å². The molecule has 1 unspecified atom stereocenters. The minimum atomic E-state index is -2.54. The largest absolute Gasteiger partial charge is 0.381 e. The Hall–Kier alpha value is -2.62. The minimum absolute atomic E-state index is 0. The zero-order valence-corrected chi connectivity index (χ0v) is 20.7. The van der Waals surface area contributed by atoms with Crippen LogP contribution in [0.25, 0.3) is 0 Å². The van der Waals surface area contributed by atoms with Crippen LogP contribution in [0.4, 0.5) is 26.0 Å². The van der Waals surface area contributed by atoms with Gasteiger partial charge in [0.15, 0.2) is 0 Å². The molecule has 2 atom stereocenters. The van der Waals surface area contributed by atoms with Crippen LogP contribution in [0.1, 0.15) is 52.1 Å². The monoisotopic (exact) mass is 503 g/mol. The van der Waals surface area contributed by atoms with Gasteiger partial charge in [-0.3, -0.25) is 4.79 Å². The lowest BCUT2D eigenvalue weighted by Crippen LogP contribution is -2.45. The first kappa shape index (κ1) is 25.0. The fourth-order valence-corrected chi connectivity index (χ4v) is 5.39. The molecule has 1 aromatic carbocycles. The Morgan fingerprint density at radius 2 is 2.06 bits per heavy atom. The van der Waals surface area contributed by atoms with E-state index in [1.807, 2.05) is 26.0 Å². The van der Waals surface area contributed by atoms with E-state index in [4.69, 9.17) is 14.2 Å². The third-order valence-corrected chi connectivity index (χ3v) is 7.38. The van der Waals surface area contributed by atoms with Gasteiger partial charge in [-0.05, 0) is 63.3 Å². The van der Waals surface area contributed by atoms with Crippen molar-refractivity contribution >= 4 is 23.1 Å². The van der Waals surface area contributed by atoms with E-state index in [1.165, 1.54) is 0 Å². The van der Waals surface area contributed by atoms with Crippen LogP contribution in [-0.2, 0) is 31.0 Å².